The summed E-state index contributed by atoms with van der Waals surface area (Å²) in [5, 5.41) is 18.6. The van der Waals surface area contributed by atoms with Gasteiger partial charge < -0.3 is 5.11 Å². The van der Waals surface area contributed by atoms with Crippen molar-refractivity contribution in [3.8, 4) is 6.07 Å². The fourth-order valence-corrected chi connectivity index (χ4v) is 2.27. The van der Waals surface area contributed by atoms with E-state index in [2.05, 4.69) is 22.9 Å². The zero-order valence-corrected chi connectivity index (χ0v) is 10.0. The molecule has 2 atom stereocenters. The van der Waals surface area contributed by atoms with Gasteiger partial charge in [-0.15, -0.1) is 0 Å². The summed E-state index contributed by atoms with van der Waals surface area (Å²) in [5.41, 5.74) is 1.48. The summed E-state index contributed by atoms with van der Waals surface area (Å²) in [6, 6.07) is 5.92. The number of aromatic nitrogens is 1. The average molecular weight is 231 g/mol. The molecule has 2 heterocycles. The van der Waals surface area contributed by atoms with Crippen LogP contribution in [-0.4, -0.2) is 34.2 Å². The molecule has 0 aromatic carbocycles. The number of hydrogen-bond donors (Lipinski definition) is 1. The Morgan fingerprint density at radius 2 is 2.47 bits per heavy atom. The molecule has 2 rings (SSSR count). The van der Waals surface area contributed by atoms with Crippen molar-refractivity contribution in [2.24, 2.45) is 5.92 Å². The van der Waals surface area contributed by atoms with E-state index in [1.165, 1.54) is 0 Å². The van der Waals surface area contributed by atoms with Crippen molar-refractivity contribution < 1.29 is 5.11 Å². The molecule has 1 aliphatic rings. The Hall–Kier alpha value is -1.44. The second kappa shape index (κ2) is 5.26. The van der Waals surface area contributed by atoms with E-state index in [-0.39, 0.29) is 6.10 Å². The van der Waals surface area contributed by atoms with Crippen LogP contribution in [0.15, 0.2) is 18.3 Å². The molecule has 17 heavy (non-hydrogen) atoms. The topological polar surface area (TPSA) is 60.2 Å². The summed E-state index contributed by atoms with van der Waals surface area (Å²) in [7, 11) is 0. The molecule has 0 bridgehead atoms. The molecule has 4 nitrogen and oxygen atoms in total. The van der Waals surface area contributed by atoms with E-state index in [1.807, 2.05) is 12.1 Å². The smallest absolute Gasteiger partial charge is 0.144 e. The lowest BCUT2D eigenvalue weighted by atomic mass is 9.96. The van der Waals surface area contributed by atoms with E-state index in [4.69, 9.17) is 5.26 Å². The maximum absolute atomic E-state index is 9.67. The van der Waals surface area contributed by atoms with Crippen molar-refractivity contribution in [3.63, 3.8) is 0 Å². The number of hydrogen-bond acceptors (Lipinski definition) is 4. The lowest BCUT2D eigenvalue weighted by Gasteiger charge is -2.34. The molecule has 90 valence electrons. The van der Waals surface area contributed by atoms with E-state index in [0.717, 1.165) is 31.6 Å². The number of nitriles is 1. The fourth-order valence-electron chi connectivity index (χ4n) is 2.27. The first kappa shape index (κ1) is 12.0. The Labute approximate surface area is 102 Å². The minimum Gasteiger partial charge on any atom is -0.393 e. The van der Waals surface area contributed by atoms with Gasteiger partial charge in [0.2, 0.25) is 0 Å². The molecular formula is C13H17N3O. The molecule has 1 saturated heterocycles. The Morgan fingerprint density at radius 3 is 3.18 bits per heavy atom. The summed E-state index contributed by atoms with van der Waals surface area (Å²) < 4.78 is 0. The monoisotopic (exact) mass is 231 g/mol. The minimum absolute atomic E-state index is 0.185. The summed E-state index contributed by atoms with van der Waals surface area (Å²) in [6.45, 7) is 4.56. The van der Waals surface area contributed by atoms with E-state index < -0.39 is 0 Å². The highest BCUT2D eigenvalue weighted by atomic mass is 16.3. The van der Waals surface area contributed by atoms with Gasteiger partial charge >= 0.3 is 0 Å². The van der Waals surface area contributed by atoms with Crippen molar-refractivity contribution in [1.82, 2.24) is 9.88 Å². The van der Waals surface area contributed by atoms with Crippen molar-refractivity contribution in [1.29, 1.82) is 5.26 Å². The molecule has 1 aromatic rings. The van der Waals surface area contributed by atoms with E-state index in [1.54, 1.807) is 6.20 Å². The highest BCUT2D eigenvalue weighted by Gasteiger charge is 2.24. The average Bonchev–Trinajstić information content (AvgIpc) is 2.34. The third-order valence-corrected chi connectivity index (χ3v) is 3.34. The normalized spacial score (nSPS) is 25.5. The Morgan fingerprint density at radius 1 is 1.65 bits per heavy atom. The molecule has 1 fully saturated rings. The number of likely N-dealkylation sites (tertiary alicyclic amines) is 1. The molecule has 1 aromatic heterocycles. The highest BCUT2D eigenvalue weighted by Crippen LogP contribution is 2.19. The van der Waals surface area contributed by atoms with Crippen LogP contribution in [0.3, 0.4) is 0 Å². The predicted octanol–water partition coefficient (Wildman–Crippen LogP) is 1.16. The van der Waals surface area contributed by atoms with Gasteiger partial charge in [0.1, 0.15) is 11.8 Å². The summed E-state index contributed by atoms with van der Waals surface area (Å²) in [5.74, 6) is 0.297. The Balaban J connectivity index is 2.04. The van der Waals surface area contributed by atoms with Crippen molar-refractivity contribution >= 4 is 0 Å². The van der Waals surface area contributed by atoms with Crippen LogP contribution >= 0.6 is 0 Å². The fraction of sp³-hybridized carbons (Fsp3) is 0.538. The third-order valence-electron chi connectivity index (χ3n) is 3.34. The van der Waals surface area contributed by atoms with Gasteiger partial charge in [-0.3, -0.25) is 4.90 Å². The van der Waals surface area contributed by atoms with E-state index in [9.17, 15) is 5.11 Å². The molecule has 4 heteroatoms. The quantitative estimate of drug-likeness (QED) is 0.829. The van der Waals surface area contributed by atoms with Gasteiger partial charge in [0.05, 0.1) is 6.10 Å². The number of rotatable bonds is 2. The van der Waals surface area contributed by atoms with Gasteiger partial charge in [0.25, 0.3) is 0 Å². The van der Waals surface area contributed by atoms with Crippen molar-refractivity contribution in [2.75, 3.05) is 13.1 Å². The Bertz CT molecular complexity index is 427. The van der Waals surface area contributed by atoms with Crippen LogP contribution in [0.4, 0.5) is 0 Å². The lowest BCUT2D eigenvalue weighted by molar-refractivity contribution is 0.0319. The van der Waals surface area contributed by atoms with Crippen molar-refractivity contribution in [3.05, 3.63) is 29.6 Å². The lowest BCUT2D eigenvalue weighted by Crippen LogP contribution is -2.41. The first-order valence-electron chi connectivity index (χ1n) is 5.95. The molecular weight excluding hydrogens is 214 g/mol. The molecule has 0 aliphatic carbocycles. The molecule has 0 saturated carbocycles. The molecule has 1 N–H and O–H groups in total. The van der Waals surface area contributed by atoms with Gasteiger partial charge in [-0.25, -0.2) is 4.98 Å². The Kier molecular flexibility index (Phi) is 3.72. The second-order valence-electron chi connectivity index (χ2n) is 4.69. The zero-order valence-electron chi connectivity index (χ0n) is 10.0. The van der Waals surface area contributed by atoms with Crippen LogP contribution in [0.2, 0.25) is 0 Å². The predicted molar refractivity (Wildman–Crippen MR) is 64.0 cm³/mol. The maximum Gasteiger partial charge on any atom is 0.144 e. The van der Waals surface area contributed by atoms with E-state index in [0.29, 0.717) is 11.6 Å². The molecule has 0 radical (unpaired) electrons. The standard InChI is InChI=1S/C13H17N3O/c1-10-8-16(6-4-13(10)17)9-11-3-2-5-15-12(11)7-14/h2-3,5,10,13,17H,4,6,8-9H2,1H3. The number of aliphatic hydroxyl groups excluding tert-OH is 1. The molecule has 1 aliphatic heterocycles. The second-order valence-corrected chi connectivity index (χ2v) is 4.69. The number of piperidine rings is 1. The summed E-state index contributed by atoms with van der Waals surface area (Å²) in [6.07, 6.45) is 2.27. The highest BCUT2D eigenvalue weighted by molar-refractivity contribution is 5.30. The van der Waals surface area contributed by atoms with Crippen molar-refractivity contribution in [2.45, 2.75) is 26.0 Å². The van der Waals surface area contributed by atoms with Gasteiger partial charge in [-0.1, -0.05) is 13.0 Å². The van der Waals surface area contributed by atoms with E-state index >= 15 is 0 Å². The third kappa shape index (κ3) is 2.82. The van der Waals surface area contributed by atoms with Gasteiger partial charge in [-0.2, -0.15) is 5.26 Å². The zero-order chi connectivity index (χ0) is 12.3. The molecule has 0 spiro atoms. The van der Waals surface area contributed by atoms with Gasteiger partial charge in [0, 0.05) is 31.4 Å². The largest absolute Gasteiger partial charge is 0.393 e. The van der Waals surface area contributed by atoms with Crippen LogP contribution in [0.5, 0.6) is 0 Å². The number of aliphatic hydroxyl groups is 1. The first-order chi connectivity index (χ1) is 8.20. The van der Waals surface area contributed by atoms with Gasteiger partial charge in [0.15, 0.2) is 0 Å². The molecule has 0 amide bonds. The SMILES string of the molecule is CC1CN(Cc2cccnc2C#N)CCC1O. The van der Waals surface area contributed by atoms with Crippen LogP contribution in [0, 0.1) is 17.2 Å². The number of nitrogens with zero attached hydrogens (tertiary/aromatic N) is 3. The molecule has 2 unspecified atom stereocenters. The summed E-state index contributed by atoms with van der Waals surface area (Å²) in [4.78, 5) is 6.33. The van der Waals surface area contributed by atoms with Crippen LogP contribution in [-0.2, 0) is 6.54 Å². The van der Waals surface area contributed by atoms with Gasteiger partial charge in [-0.05, 0) is 18.4 Å². The first-order valence-corrected chi connectivity index (χ1v) is 5.95. The van der Waals surface area contributed by atoms with Crippen LogP contribution < -0.4 is 0 Å². The number of pyridine rings is 1. The maximum atomic E-state index is 9.67. The van der Waals surface area contributed by atoms with Crippen LogP contribution in [0.1, 0.15) is 24.6 Å². The minimum atomic E-state index is -0.185. The summed E-state index contributed by atoms with van der Waals surface area (Å²) >= 11 is 0. The van der Waals surface area contributed by atoms with Crippen LogP contribution in [0.25, 0.3) is 0 Å².